The first-order valence-electron chi connectivity index (χ1n) is 15.0. The van der Waals surface area contributed by atoms with Gasteiger partial charge in [-0.3, -0.25) is 9.59 Å². The molecule has 4 atom stereocenters. The molecule has 0 unspecified atom stereocenters. The smallest absolute Gasteiger partial charge is 0.306 e. The molecule has 0 spiro atoms. The summed E-state index contributed by atoms with van der Waals surface area (Å²) in [5.74, 6) is -0.0832. The molecule has 0 bridgehead atoms. The van der Waals surface area contributed by atoms with Gasteiger partial charge in [0, 0.05) is 29.6 Å². The van der Waals surface area contributed by atoms with Crippen LogP contribution in [0.3, 0.4) is 0 Å². The van der Waals surface area contributed by atoms with E-state index in [0.29, 0.717) is 12.8 Å². The van der Waals surface area contributed by atoms with Crippen LogP contribution in [0.25, 0.3) is 6.08 Å². The van der Waals surface area contributed by atoms with Crippen LogP contribution in [0.2, 0.25) is 18.1 Å². The number of ketones is 1. The zero-order valence-electron chi connectivity index (χ0n) is 27.3. The van der Waals surface area contributed by atoms with Crippen molar-refractivity contribution in [1.82, 2.24) is 4.98 Å². The summed E-state index contributed by atoms with van der Waals surface area (Å²) in [6.45, 7) is 25.7. The van der Waals surface area contributed by atoms with E-state index in [0.717, 1.165) is 35.5 Å². The minimum absolute atomic E-state index is 0.0603. The average molecular weight is 590 g/mol. The first kappa shape index (κ1) is 34.6. The fourth-order valence-electron chi connectivity index (χ4n) is 5.13. The van der Waals surface area contributed by atoms with Crippen LogP contribution < -0.4 is 0 Å². The summed E-state index contributed by atoms with van der Waals surface area (Å²) in [4.78, 5) is 31.6. The maximum atomic E-state index is 13.9. The lowest BCUT2D eigenvalue weighted by molar-refractivity contribution is -0.148. The molecule has 1 aromatic heterocycles. The van der Waals surface area contributed by atoms with Gasteiger partial charge in [-0.1, -0.05) is 60.1 Å². The van der Waals surface area contributed by atoms with Crippen LogP contribution in [-0.2, 0) is 18.8 Å². The molecule has 1 aromatic rings. The van der Waals surface area contributed by atoms with Crippen LogP contribution in [-0.4, -0.2) is 37.3 Å². The Kier molecular flexibility index (Phi) is 12.2. The Hall–Kier alpha value is -1.57. The van der Waals surface area contributed by atoms with E-state index in [4.69, 9.17) is 9.16 Å². The van der Waals surface area contributed by atoms with E-state index in [1.54, 1.807) is 11.3 Å². The van der Waals surface area contributed by atoms with E-state index < -0.39 is 13.7 Å². The number of allylic oxidation sites excluding steroid dienone is 1. The summed E-state index contributed by atoms with van der Waals surface area (Å²) in [5.41, 5.74) is 2.52. The summed E-state index contributed by atoms with van der Waals surface area (Å²) in [5, 5.41) is 3.10. The highest BCUT2D eigenvalue weighted by molar-refractivity contribution is 7.09. The molecule has 7 heteroatoms. The number of carbonyl (C=O) groups is 2. The Morgan fingerprint density at radius 3 is 2.40 bits per heavy atom. The van der Waals surface area contributed by atoms with Gasteiger partial charge in [0.1, 0.15) is 11.9 Å². The molecule has 40 heavy (non-hydrogen) atoms. The Labute approximate surface area is 249 Å². The summed E-state index contributed by atoms with van der Waals surface area (Å²) in [6, 6.07) is 0. The number of carbonyl (C=O) groups excluding carboxylic acids is 2. The molecule has 0 fully saturated rings. The molecule has 1 aliphatic rings. The molecular formula is C33H55NO4SSi. The Bertz CT molecular complexity index is 1080. The molecule has 0 amide bonds. The average Bonchev–Trinajstić information content (AvgIpc) is 3.25. The zero-order valence-corrected chi connectivity index (χ0v) is 29.1. The number of cyclic esters (lactones) is 1. The van der Waals surface area contributed by atoms with Crippen molar-refractivity contribution < 1.29 is 18.8 Å². The summed E-state index contributed by atoms with van der Waals surface area (Å²) >= 11 is 1.61. The predicted molar refractivity (Wildman–Crippen MR) is 171 cm³/mol. The maximum Gasteiger partial charge on any atom is 0.306 e. The minimum atomic E-state index is -2.09. The topological polar surface area (TPSA) is 65.5 Å². The monoisotopic (exact) mass is 589 g/mol. The van der Waals surface area contributed by atoms with E-state index in [9.17, 15) is 9.59 Å². The van der Waals surface area contributed by atoms with Crippen molar-refractivity contribution >= 4 is 37.5 Å². The van der Waals surface area contributed by atoms with Gasteiger partial charge in [0.25, 0.3) is 0 Å². The van der Waals surface area contributed by atoms with Crippen LogP contribution in [0.5, 0.6) is 0 Å². The molecule has 2 rings (SSSR count). The van der Waals surface area contributed by atoms with Crippen LogP contribution in [0.15, 0.2) is 22.6 Å². The highest BCUT2D eigenvalue weighted by atomic mass is 32.1. The number of nitrogens with zero attached hydrogens (tertiary/aromatic N) is 1. The lowest BCUT2D eigenvalue weighted by Crippen LogP contribution is -2.50. The highest BCUT2D eigenvalue weighted by Crippen LogP contribution is 2.41. The molecule has 0 aliphatic carbocycles. The SMILES string of the molecule is C/C1=C\C[C@@H](/C(C)=C/c2csc(C)n2)OC(=O)CCC(C)(C)C(=O)[C@H](C)[C@@H](O[Si](C)(C)C(C)(C)C)[C@@H](C)CCC1. The molecule has 0 saturated carbocycles. The van der Waals surface area contributed by atoms with Crippen molar-refractivity contribution in [2.75, 3.05) is 0 Å². The largest absolute Gasteiger partial charge is 0.457 e. The van der Waals surface area contributed by atoms with Gasteiger partial charge in [-0.15, -0.1) is 11.3 Å². The Morgan fingerprint density at radius 2 is 1.82 bits per heavy atom. The quantitative estimate of drug-likeness (QED) is 0.199. The zero-order chi connectivity index (χ0) is 30.5. The van der Waals surface area contributed by atoms with Crippen molar-refractivity contribution in [3.8, 4) is 0 Å². The first-order valence-corrected chi connectivity index (χ1v) is 18.8. The van der Waals surface area contributed by atoms with Gasteiger partial charge in [-0.2, -0.15) is 0 Å². The van der Waals surface area contributed by atoms with Gasteiger partial charge >= 0.3 is 5.97 Å². The third kappa shape index (κ3) is 9.76. The van der Waals surface area contributed by atoms with Crippen molar-refractivity contribution in [3.05, 3.63) is 33.3 Å². The molecular weight excluding hydrogens is 535 g/mol. The normalized spacial score (nSPS) is 28.1. The van der Waals surface area contributed by atoms with E-state index in [2.05, 4.69) is 58.8 Å². The van der Waals surface area contributed by atoms with Crippen molar-refractivity contribution in [3.63, 3.8) is 0 Å². The van der Waals surface area contributed by atoms with Gasteiger partial charge in [0.05, 0.1) is 16.8 Å². The Morgan fingerprint density at radius 1 is 1.18 bits per heavy atom. The van der Waals surface area contributed by atoms with Gasteiger partial charge < -0.3 is 9.16 Å². The predicted octanol–water partition coefficient (Wildman–Crippen LogP) is 9.33. The highest BCUT2D eigenvalue weighted by Gasteiger charge is 2.44. The van der Waals surface area contributed by atoms with E-state index in [-0.39, 0.29) is 47.3 Å². The molecule has 5 nitrogen and oxygen atoms in total. The van der Waals surface area contributed by atoms with Gasteiger partial charge in [-0.05, 0) is 82.2 Å². The second-order valence-corrected chi connectivity index (χ2v) is 20.0. The van der Waals surface area contributed by atoms with Crippen LogP contribution in [0.1, 0.15) is 112 Å². The second kappa shape index (κ2) is 14.1. The number of esters is 1. The van der Waals surface area contributed by atoms with Crippen molar-refractivity contribution in [2.45, 2.75) is 138 Å². The van der Waals surface area contributed by atoms with E-state index >= 15 is 0 Å². The van der Waals surface area contributed by atoms with Crippen molar-refractivity contribution in [2.24, 2.45) is 17.3 Å². The van der Waals surface area contributed by atoms with Crippen LogP contribution >= 0.6 is 11.3 Å². The minimum Gasteiger partial charge on any atom is -0.457 e. The summed E-state index contributed by atoms with van der Waals surface area (Å²) in [6.07, 6.45) is 8.04. The molecule has 2 heterocycles. The number of Topliss-reactive ketones (excluding diaryl/α,β-unsaturated/α-hetero) is 1. The third-order valence-corrected chi connectivity index (χ3v) is 14.3. The molecule has 226 valence electrons. The molecule has 0 radical (unpaired) electrons. The van der Waals surface area contributed by atoms with Crippen molar-refractivity contribution in [1.29, 1.82) is 0 Å². The number of ether oxygens (including phenoxy) is 1. The lowest BCUT2D eigenvalue weighted by Gasteiger charge is -2.43. The lowest BCUT2D eigenvalue weighted by atomic mass is 9.74. The fourth-order valence-corrected chi connectivity index (χ4v) is 7.17. The van der Waals surface area contributed by atoms with Crippen LogP contribution in [0, 0.1) is 24.2 Å². The number of aryl methyl sites for hydroxylation is 1. The third-order valence-electron chi connectivity index (χ3n) is 9.03. The van der Waals surface area contributed by atoms with Gasteiger partial charge in [0.15, 0.2) is 8.32 Å². The molecule has 0 N–H and O–H groups in total. The van der Waals surface area contributed by atoms with Crippen LogP contribution in [0.4, 0.5) is 0 Å². The maximum absolute atomic E-state index is 13.9. The number of aromatic nitrogens is 1. The fraction of sp³-hybridized carbons (Fsp3) is 0.727. The summed E-state index contributed by atoms with van der Waals surface area (Å²) in [7, 11) is -2.09. The Balaban J connectivity index is 2.36. The van der Waals surface area contributed by atoms with Gasteiger partial charge in [0.2, 0.25) is 0 Å². The van der Waals surface area contributed by atoms with E-state index in [1.165, 1.54) is 5.57 Å². The number of hydrogen-bond acceptors (Lipinski definition) is 6. The van der Waals surface area contributed by atoms with Gasteiger partial charge in [-0.25, -0.2) is 4.98 Å². The van der Waals surface area contributed by atoms with E-state index in [1.807, 2.05) is 46.1 Å². The molecule has 0 aromatic carbocycles. The standard InChI is InChI=1S/C33H55NO4SSi/c1-22-14-13-15-23(2)30(38-40(11,12)32(6,7)8)25(4)31(36)33(9,10)19-18-29(35)37-28(17-16-22)24(3)20-27-21-39-26(5)34-27/h16,20-21,23,25,28,30H,13-15,17-19H2,1-12H3/b22-16+,24-20+/t23-,25+,28-,30-/m0/s1. The molecule has 0 saturated heterocycles. The number of thiazole rings is 1. The number of rotatable bonds is 4. The second-order valence-electron chi connectivity index (χ2n) is 14.2. The first-order chi connectivity index (χ1) is 18.3. The summed E-state index contributed by atoms with van der Waals surface area (Å²) < 4.78 is 13.0. The number of hydrogen-bond donors (Lipinski definition) is 0. The molecule has 1 aliphatic heterocycles.